The molecule has 2 aromatic rings. The highest BCUT2D eigenvalue weighted by atomic mass is 16.1. The summed E-state index contributed by atoms with van der Waals surface area (Å²) in [6.07, 6.45) is 4.30. The maximum atomic E-state index is 12.3. The fourth-order valence-corrected chi connectivity index (χ4v) is 2.16. The van der Waals surface area contributed by atoms with Crippen molar-refractivity contribution >= 4 is 23.1 Å². The van der Waals surface area contributed by atoms with Gasteiger partial charge >= 0.3 is 0 Å². The second kappa shape index (κ2) is 8.24. The first-order valence-electron chi connectivity index (χ1n) is 8.07. The highest BCUT2D eigenvalue weighted by Gasteiger charge is 2.08. The number of aromatic nitrogens is 1. The van der Waals surface area contributed by atoms with Gasteiger partial charge in [-0.2, -0.15) is 0 Å². The Bertz CT molecular complexity index is 709. The van der Waals surface area contributed by atoms with Crippen molar-refractivity contribution in [2.45, 2.75) is 27.2 Å². The molecule has 24 heavy (non-hydrogen) atoms. The second-order valence-electron chi connectivity index (χ2n) is 6.16. The number of nitrogens with zero attached hydrogens (tertiary/aromatic N) is 1. The predicted octanol–water partition coefficient (Wildman–Crippen LogP) is 3.99. The van der Waals surface area contributed by atoms with Crippen LogP contribution in [-0.4, -0.2) is 23.2 Å². The van der Waals surface area contributed by atoms with Gasteiger partial charge in [-0.1, -0.05) is 13.8 Å². The zero-order valence-electron chi connectivity index (χ0n) is 14.3. The number of ketones is 1. The molecule has 0 unspecified atom stereocenters. The van der Waals surface area contributed by atoms with Crippen LogP contribution in [0.3, 0.4) is 0 Å². The van der Waals surface area contributed by atoms with Gasteiger partial charge in [0.2, 0.25) is 0 Å². The number of carbonyl (C=O) groups is 2. The monoisotopic (exact) mass is 325 g/mol. The van der Waals surface area contributed by atoms with E-state index >= 15 is 0 Å². The Morgan fingerprint density at radius 1 is 1.04 bits per heavy atom. The van der Waals surface area contributed by atoms with Crippen LogP contribution in [0.15, 0.2) is 42.7 Å². The van der Waals surface area contributed by atoms with E-state index in [1.54, 1.807) is 36.5 Å². The molecule has 1 aromatic carbocycles. The fourth-order valence-electron chi connectivity index (χ4n) is 2.16. The summed E-state index contributed by atoms with van der Waals surface area (Å²) in [7, 11) is 0. The van der Waals surface area contributed by atoms with E-state index in [1.807, 2.05) is 0 Å². The van der Waals surface area contributed by atoms with Gasteiger partial charge in [-0.25, -0.2) is 0 Å². The van der Waals surface area contributed by atoms with Crippen molar-refractivity contribution in [3.63, 3.8) is 0 Å². The molecule has 2 N–H and O–H groups in total. The highest BCUT2D eigenvalue weighted by Crippen LogP contribution is 2.14. The third kappa shape index (κ3) is 5.19. The van der Waals surface area contributed by atoms with Crippen LogP contribution in [0.1, 0.15) is 47.9 Å². The molecular weight excluding hydrogens is 302 g/mol. The minimum Gasteiger partial charge on any atom is -0.384 e. The summed E-state index contributed by atoms with van der Waals surface area (Å²) in [6, 6.07) is 8.60. The van der Waals surface area contributed by atoms with Crippen LogP contribution in [0.25, 0.3) is 0 Å². The summed E-state index contributed by atoms with van der Waals surface area (Å²) < 4.78 is 0. The number of pyridine rings is 1. The maximum absolute atomic E-state index is 12.3. The average molecular weight is 325 g/mol. The molecule has 5 nitrogen and oxygen atoms in total. The van der Waals surface area contributed by atoms with Gasteiger partial charge < -0.3 is 10.6 Å². The second-order valence-corrected chi connectivity index (χ2v) is 6.16. The standard InChI is InChI=1S/C19H23N3O2/c1-13(2)8-9-21-18-10-16(11-20-12-18)19(24)22-17-6-4-15(5-7-17)14(3)23/h4-7,10-13,21H,8-9H2,1-3H3,(H,22,24). The molecule has 0 radical (unpaired) electrons. The van der Waals surface area contributed by atoms with Gasteiger partial charge in [-0.05, 0) is 49.6 Å². The molecule has 0 bridgehead atoms. The molecule has 0 saturated carbocycles. The normalized spacial score (nSPS) is 10.5. The van der Waals surface area contributed by atoms with Crippen LogP contribution >= 0.6 is 0 Å². The van der Waals surface area contributed by atoms with Crippen molar-refractivity contribution in [3.05, 3.63) is 53.9 Å². The summed E-state index contributed by atoms with van der Waals surface area (Å²) in [5.74, 6) is 0.387. The molecule has 0 fully saturated rings. The van der Waals surface area contributed by atoms with Gasteiger partial charge in [-0.15, -0.1) is 0 Å². The number of hydrogen-bond acceptors (Lipinski definition) is 4. The molecule has 0 aliphatic carbocycles. The van der Waals surface area contributed by atoms with E-state index in [2.05, 4.69) is 29.5 Å². The Hall–Kier alpha value is -2.69. The molecule has 126 valence electrons. The largest absolute Gasteiger partial charge is 0.384 e. The number of Topliss-reactive ketones (excluding diaryl/α,β-unsaturated/α-hetero) is 1. The lowest BCUT2D eigenvalue weighted by Crippen LogP contribution is -2.13. The van der Waals surface area contributed by atoms with Crippen molar-refractivity contribution in [2.24, 2.45) is 5.92 Å². The smallest absolute Gasteiger partial charge is 0.257 e. The zero-order chi connectivity index (χ0) is 17.5. The molecule has 1 heterocycles. The molecule has 0 aliphatic heterocycles. The van der Waals surface area contributed by atoms with Gasteiger partial charge in [-0.3, -0.25) is 14.6 Å². The van der Waals surface area contributed by atoms with Crippen LogP contribution in [0.5, 0.6) is 0 Å². The van der Waals surface area contributed by atoms with Crippen molar-refractivity contribution in [1.29, 1.82) is 0 Å². The Balaban J connectivity index is 2.00. The minimum atomic E-state index is -0.231. The molecule has 1 aromatic heterocycles. The molecular formula is C19H23N3O2. The first-order valence-corrected chi connectivity index (χ1v) is 8.07. The van der Waals surface area contributed by atoms with E-state index in [9.17, 15) is 9.59 Å². The molecule has 0 spiro atoms. The Morgan fingerprint density at radius 2 is 1.75 bits per heavy atom. The number of nitrogens with one attached hydrogen (secondary N) is 2. The third-order valence-corrected chi connectivity index (χ3v) is 3.60. The van der Waals surface area contributed by atoms with E-state index in [0.717, 1.165) is 18.7 Å². The average Bonchev–Trinajstić information content (AvgIpc) is 2.55. The number of carbonyl (C=O) groups excluding carboxylic acids is 2. The third-order valence-electron chi connectivity index (χ3n) is 3.60. The summed E-state index contributed by atoms with van der Waals surface area (Å²) in [5, 5.41) is 6.08. The van der Waals surface area contributed by atoms with E-state index < -0.39 is 0 Å². The van der Waals surface area contributed by atoms with Crippen LogP contribution in [0.2, 0.25) is 0 Å². The van der Waals surface area contributed by atoms with Gasteiger partial charge in [0.15, 0.2) is 5.78 Å². The zero-order valence-corrected chi connectivity index (χ0v) is 14.3. The Kier molecular flexibility index (Phi) is 6.07. The van der Waals surface area contributed by atoms with Gasteiger partial charge in [0.25, 0.3) is 5.91 Å². The minimum absolute atomic E-state index is 0.00255. The molecule has 0 atom stereocenters. The van der Waals surface area contributed by atoms with E-state index in [-0.39, 0.29) is 11.7 Å². The van der Waals surface area contributed by atoms with E-state index in [0.29, 0.717) is 22.7 Å². The number of amides is 1. The lowest BCUT2D eigenvalue weighted by atomic mass is 10.1. The summed E-state index contributed by atoms with van der Waals surface area (Å²) >= 11 is 0. The van der Waals surface area contributed by atoms with Crippen molar-refractivity contribution < 1.29 is 9.59 Å². The molecule has 2 rings (SSSR count). The SMILES string of the molecule is CC(=O)c1ccc(NC(=O)c2cncc(NCCC(C)C)c2)cc1. The maximum Gasteiger partial charge on any atom is 0.257 e. The predicted molar refractivity (Wildman–Crippen MR) is 96.6 cm³/mol. The molecule has 0 aliphatic rings. The fraction of sp³-hybridized carbons (Fsp3) is 0.316. The lowest BCUT2D eigenvalue weighted by Gasteiger charge is -2.10. The Labute approximate surface area is 142 Å². The van der Waals surface area contributed by atoms with Crippen LogP contribution < -0.4 is 10.6 Å². The van der Waals surface area contributed by atoms with Gasteiger partial charge in [0.1, 0.15) is 0 Å². The number of rotatable bonds is 7. The number of benzene rings is 1. The summed E-state index contributed by atoms with van der Waals surface area (Å²) in [5.41, 5.74) is 2.57. The van der Waals surface area contributed by atoms with Gasteiger partial charge in [0.05, 0.1) is 11.3 Å². The van der Waals surface area contributed by atoms with E-state index in [1.165, 1.54) is 13.1 Å². The lowest BCUT2D eigenvalue weighted by molar-refractivity contribution is 0.101. The Morgan fingerprint density at radius 3 is 2.38 bits per heavy atom. The van der Waals surface area contributed by atoms with Crippen molar-refractivity contribution in [1.82, 2.24) is 4.98 Å². The molecule has 0 saturated heterocycles. The molecule has 1 amide bonds. The van der Waals surface area contributed by atoms with Crippen LogP contribution in [0, 0.1) is 5.92 Å². The summed E-state index contributed by atoms with van der Waals surface area (Å²) in [4.78, 5) is 27.7. The van der Waals surface area contributed by atoms with Crippen molar-refractivity contribution in [3.8, 4) is 0 Å². The molecule has 5 heteroatoms. The summed E-state index contributed by atoms with van der Waals surface area (Å²) in [6.45, 7) is 6.69. The quantitative estimate of drug-likeness (QED) is 0.755. The van der Waals surface area contributed by atoms with Gasteiger partial charge in [0, 0.05) is 30.2 Å². The first kappa shape index (κ1) is 17.7. The van der Waals surface area contributed by atoms with Crippen LogP contribution in [0.4, 0.5) is 11.4 Å². The number of hydrogen-bond donors (Lipinski definition) is 2. The van der Waals surface area contributed by atoms with Crippen molar-refractivity contribution in [2.75, 3.05) is 17.2 Å². The highest BCUT2D eigenvalue weighted by molar-refractivity contribution is 6.04. The topological polar surface area (TPSA) is 71.1 Å². The van der Waals surface area contributed by atoms with Crippen LogP contribution in [-0.2, 0) is 0 Å². The van der Waals surface area contributed by atoms with E-state index in [4.69, 9.17) is 0 Å². The number of anilines is 2. The first-order chi connectivity index (χ1) is 11.5.